The van der Waals surface area contributed by atoms with Crippen LogP contribution in [0.25, 0.3) is 0 Å². The van der Waals surface area contributed by atoms with E-state index in [1.807, 2.05) is 0 Å². The Hall–Kier alpha value is -0.553. The van der Waals surface area contributed by atoms with Gasteiger partial charge in [0.05, 0.1) is 6.10 Å². The van der Waals surface area contributed by atoms with E-state index in [1.54, 1.807) is 0 Å². The highest BCUT2D eigenvalue weighted by molar-refractivity contribution is 6.74. The van der Waals surface area contributed by atoms with E-state index in [4.69, 9.17) is 9.53 Å². The van der Waals surface area contributed by atoms with Crippen molar-refractivity contribution in [2.24, 2.45) is 0 Å². The minimum Gasteiger partial charge on any atom is -0.465 e. The molecular weight excluding hydrogens is 222 g/mol. The van der Waals surface area contributed by atoms with E-state index in [0.29, 0.717) is 13.1 Å². The van der Waals surface area contributed by atoms with Crippen LogP contribution in [0.5, 0.6) is 0 Å². The van der Waals surface area contributed by atoms with Crippen LogP contribution >= 0.6 is 0 Å². The van der Waals surface area contributed by atoms with Crippen LogP contribution in [0.4, 0.5) is 4.79 Å². The van der Waals surface area contributed by atoms with Crippen LogP contribution < -0.4 is 0 Å². The molecule has 1 heterocycles. The topological polar surface area (TPSA) is 49.8 Å². The molecule has 1 amide bonds. The summed E-state index contributed by atoms with van der Waals surface area (Å²) in [6, 6.07) is 0. The number of amides is 1. The molecule has 0 unspecified atom stereocenters. The standard InChI is InChI=1S/C11H23NO3Si/c1-11(2,3)16(4,5)15-9-6-7-12(8-9)10(13)14/h9H,6-8H2,1-5H3,(H,13,14)/t9-/m0/s1. The fourth-order valence-electron chi connectivity index (χ4n) is 1.59. The summed E-state index contributed by atoms with van der Waals surface area (Å²) in [5.74, 6) is 0. The molecule has 1 fully saturated rings. The van der Waals surface area contributed by atoms with Gasteiger partial charge in [-0.2, -0.15) is 0 Å². The van der Waals surface area contributed by atoms with E-state index in [0.717, 1.165) is 6.42 Å². The lowest BCUT2D eigenvalue weighted by atomic mass is 10.2. The van der Waals surface area contributed by atoms with E-state index < -0.39 is 14.4 Å². The maximum atomic E-state index is 10.8. The van der Waals surface area contributed by atoms with Crippen LogP contribution in [-0.4, -0.2) is 43.6 Å². The van der Waals surface area contributed by atoms with Crippen LogP contribution in [0.2, 0.25) is 18.1 Å². The molecule has 1 atom stereocenters. The molecule has 1 aliphatic rings. The molecule has 5 heteroatoms. The largest absolute Gasteiger partial charge is 0.465 e. The number of likely N-dealkylation sites (tertiary alicyclic amines) is 1. The molecule has 4 nitrogen and oxygen atoms in total. The molecule has 0 aromatic heterocycles. The molecule has 0 bridgehead atoms. The Balaban J connectivity index is 2.54. The molecular formula is C11H23NO3Si. The second-order valence-corrected chi connectivity index (χ2v) is 10.8. The maximum Gasteiger partial charge on any atom is 0.407 e. The third-order valence-electron chi connectivity index (χ3n) is 3.68. The van der Waals surface area contributed by atoms with Gasteiger partial charge in [-0.25, -0.2) is 4.79 Å². The molecule has 0 saturated carbocycles. The number of rotatable bonds is 2. The van der Waals surface area contributed by atoms with E-state index in [2.05, 4.69) is 33.9 Å². The lowest BCUT2D eigenvalue weighted by molar-refractivity contribution is 0.142. The van der Waals surface area contributed by atoms with Crippen molar-refractivity contribution in [1.82, 2.24) is 4.90 Å². The van der Waals surface area contributed by atoms with Crippen molar-refractivity contribution in [1.29, 1.82) is 0 Å². The molecule has 0 spiro atoms. The predicted molar refractivity (Wildman–Crippen MR) is 66.3 cm³/mol. The minimum absolute atomic E-state index is 0.0944. The summed E-state index contributed by atoms with van der Waals surface area (Å²) in [4.78, 5) is 12.2. The average molecular weight is 245 g/mol. The molecule has 0 radical (unpaired) electrons. The molecule has 1 aliphatic heterocycles. The Morgan fingerprint density at radius 3 is 2.38 bits per heavy atom. The lowest BCUT2D eigenvalue weighted by Gasteiger charge is -2.38. The van der Waals surface area contributed by atoms with Gasteiger partial charge in [0.1, 0.15) is 0 Å². The van der Waals surface area contributed by atoms with Crippen LogP contribution in [0, 0.1) is 0 Å². The maximum absolute atomic E-state index is 10.8. The van der Waals surface area contributed by atoms with Gasteiger partial charge in [0.15, 0.2) is 8.32 Å². The molecule has 16 heavy (non-hydrogen) atoms. The first kappa shape index (κ1) is 13.5. The fourth-order valence-corrected chi connectivity index (χ4v) is 2.97. The number of nitrogens with zero attached hydrogens (tertiary/aromatic N) is 1. The Bertz CT molecular complexity index is 273. The first-order chi connectivity index (χ1) is 7.13. The monoisotopic (exact) mass is 245 g/mol. The Morgan fingerprint density at radius 1 is 1.44 bits per heavy atom. The zero-order valence-electron chi connectivity index (χ0n) is 10.9. The number of carbonyl (C=O) groups is 1. The van der Waals surface area contributed by atoms with Crippen molar-refractivity contribution in [3.63, 3.8) is 0 Å². The molecule has 0 aromatic rings. The quantitative estimate of drug-likeness (QED) is 0.761. The SMILES string of the molecule is CC(C)(C)[Si](C)(C)O[C@H]1CCN(C(=O)O)C1. The van der Waals surface area contributed by atoms with Gasteiger partial charge < -0.3 is 14.4 Å². The number of carboxylic acid groups (broad SMARTS) is 1. The van der Waals surface area contributed by atoms with E-state index >= 15 is 0 Å². The predicted octanol–water partition coefficient (Wildman–Crippen LogP) is 2.76. The van der Waals surface area contributed by atoms with Gasteiger partial charge in [0.25, 0.3) is 0 Å². The summed E-state index contributed by atoms with van der Waals surface area (Å²) in [5, 5.41) is 9.06. The van der Waals surface area contributed by atoms with Gasteiger partial charge in [-0.05, 0) is 24.6 Å². The average Bonchev–Trinajstić information content (AvgIpc) is 2.49. The summed E-state index contributed by atoms with van der Waals surface area (Å²) >= 11 is 0. The number of hydrogen-bond donors (Lipinski definition) is 1. The van der Waals surface area contributed by atoms with Crippen LogP contribution in [0.1, 0.15) is 27.2 Å². The van der Waals surface area contributed by atoms with Crippen LogP contribution in [-0.2, 0) is 4.43 Å². The second kappa shape index (κ2) is 4.37. The third kappa shape index (κ3) is 2.98. The van der Waals surface area contributed by atoms with Gasteiger partial charge in [0.2, 0.25) is 0 Å². The summed E-state index contributed by atoms with van der Waals surface area (Å²) in [6.07, 6.45) is 0.0945. The molecule has 0 aromatic carbocycles. The molecule has 1 saturated heterocycles. The summed E-state index contributed by atoms with van der Waals surface area (Å²) in [6.45, 7) is 12.1. The number of hydrogen-bond acceptors (Lipinski definition) is 2. The van der Waals surface area contributed by atoms with E-state index in [9.17, 15) is 4.79 Å². The van der Waals surface area contributed by atoms with Crippen molar-refractivity contribution in [2.45, 2.75) is 51.4 Å². The molecule has 94 valence electrons. The Kier molecular flexibility index (Phi) is 3.69. The van der Waals surface area contributed by atoms with Crippen LogP contribution in [0.15, 0.2) is 0 Å². The smallest absolute Gasteiger partial charge is 0.407 e. The van der Waals surface area contributed by atoms with Gasteiger partial charge in [-0.1, -0.05) is 20.8 Å². The third-order valence-corrected chi connectivity index (χ3v) is 8.22. The molecule has 1 rings (SSSR count). The minimum atomic E-state index is -1.75. The van der Waals surface area contributed by atoms with Crippen molar-refractivity contribution in [2.75, 3.05) is 13.1 Å². The highest BCUT2D eigenvalue weighted by Gasteiger charge is 2.40. The summed E-state index contributed by atoms with van der Waals surface area (Å²) in [7, 11) is -1.75. The first-order valence-corrected chi connectivity index (χ1v) is 8.70. The van der Waals surface area contributed by atoms with Gasteiger partial charge in [0, 0.05) is 13.1 Å². The lowest BCUT2D eigenvalue weighted by Crippen LogP contribution is -2.44. The highest BCUT2D eigenvalue weighted by Crippen LogP contribution is 2.38. The van der Waals surface area contributed by atoms with Crippen molar-refractivity contribution < 1.29 is 14.3 Å². The van der Waals surface area contributed by atoms with E-state index in [1.165, 1.54) is 4.90 Å². The Morgan fingerprint density at radius 2 is 2.00 bits per heavy atom. The van der Waals surface area contributed by atoms with Gasteiger partial charge in [-0.15, -0.1) is 0 Å². The molecule has 0 aliphatic carbocycles. The second-order valence-electron chi connectivity index (χ2n) is 6.02. The Labute approximate surface area is 98.7 Å². The highest BCUT2D eigenvalue weighted by atomic mass is 28.4. The van der Waals surface area contributed by atoms with E-state index in [-0.39, 0.29) is 11.1 Å². The van der Waals surface area contributed by atoms with Gasteiger partial charge >= 0.3 is 6.09 Å². The van der Waals surface area contributed by atoms with Crippen molar-refractivity contribution in [3.05, 3.63) is 0 Å². The van der Waals surface area contributed by atoms with Gasteiger partial charge in [-0.3, -0.25) is 0 Å². The van der Waals surface area contributed by atoms with Crippen molar-refractivity contribution in [3.8, 4) is 0 Å². The van der Waals surface area contributed by atoms with Crippen molar-refractivity contribution >= 4 is 14.4 Å². The normalized spacial score (nSPS) is 22.6. The summed E-state index contributed by atoms with van der Waals surface area (Å²) in [5.41, 5.74) is 0. The fraction of sp³-hybridized carbons (Fsp3) is 0.909. The van der Waals surface area contributed by atoms with Crippen LogP contribution in [0.3, 0.4) is 0 Å². The first-order valence-electron chi connectivity index (χ1n) is 5.79. The molecule has 1 N–H and O–H groups in total. The summed E-state index contributed by atoms with van der Waals surface area (Å²) < 4.78 is 6.18. The zero-order valence-corrected chi connectivity index (χ0v) is 11.9. The zero-order chi connectivity index (χ0) is 12.6.